The molecular weight excluding hydrogens is 398 g/mol. The van der Waals surface area contributed by atoms with Crippen LogP contribution in [0, 0.1) is 6.92 Å². The molecule has 0 spiro atoms. The first-order valence-electron chi connectivity index (χ1n) is 10.2. The summed E-state index contributed by atoms with van der Waals surface area (Å²) in [7, 11) is -2.09. The molecule has 0 amide bonds. The maximum absolute atomic E-state index is 13.2. The molecule has 1 fully saturated rings. The summed E-state index contributed by atoms with van der Waals surface area (Å²) in [4.78, 5) is 6.92. The van der Waals surface area contributed by atoms with Gasteiger partial charge in [0.2, 0.25) is 10.0 Å². The van der Waals surface area contributed by atoms with Crippen LogP contribution in [0.3, 0.4) is 0 Å². The average Bonchev–Trinajstić information content (AvgIpc) is 3.28. The number of fused-ring (bicyclic) bond motifs is 1. The molecule has 0 bridgehead atoms. The molecule has 1 saturated heterocycles. The number of nitrogens with zero attached hydrogens (tertiary/aromatic N) is 2. The van der Waals surface area contributed by atoms with Crippen LogP contribution in [0.25, 0.3) is 10.9 Å². The summed E-state index contributed by atoms with van der Waals surface area (Å²) in [5, 5.41) is 0.818. The molecule has 4 rings (SSSR count). The summed E-state index contributed by atoms with van der Waals surface area (Å²) < 4.78 is 34.9. The van der Waals surface area contributed by atoms with Crippen LogP contribution in [0.2, 0.25) is 0 Å². The Hall–Kier alpha value is -2.48. The molecule has 0 radical (unpaired) electrons. The monoisotopic (exact) mass is 425 g/mol. The van der Waals surface area contributed by atoms with E-state index >= 15 is 0 Å². The molecule has 1 atom stereocenters. The Bertz CT molecular complexity index is 1140. The van der Waals surface area contributed by atoms with E-state index in [-0.39, 0.29) is 17.5 Å². The highest BCUT2D eigenvalue weighted by molar-refractivity contribution is 7.89. The predicted molar refractivity (Wildman–Crippen MR) is 118 cm³/mol. The van der Waals surface area contributed by atoms with E-state index < -0.39 is 10.0 Å². The Morgan fingerprint density at radius 1 is 1.13 bits per heavy atom. The lowest BCUT2D eigenvalue weighted by atomic mass is 10.0. The number of hydrogen-bond acceptors (Lipinski definition) is 5. The number of rotatable bonds is 7. The normalized spacial score (nSPS) is 16.1. The summed E-state index contributed by atoms with van der Waals surface area (Å²) in [6, 6.07) is 14.9. The van der Waals surface area contributed by atoms with Crippen LogP contribution in [0.15, 0.2) is 59.6 Å². The Morgan fingerprint density at radius 2 is 1.90 bits per heavy atom. The van der Waals surface area contributed by atoms with E-state index in [1.54, 1.807) is 25.4 Å². The molecular formula is C23H27N3O3S. The van der Waals surface area contributed by atoms with Gasteiger partial charge in [0.15, 0.2) is 0 Å². The first-order valence-corrected chi connectivity index (χ1v) is 11.7. The fourth-order valence-electron chi connectivity index (χ4n) is 4.16. The van der Waals surface area contributed by atoms with Crippen molar-refractivity contribution in [2.24, 2.45) is 0 Å². The molecule has 158 valence electrons. The zero-order chi connectivity index (χ0) is 21.1. The third-order valence-corrected chi connectivity index (χ3v) is 7.10. The summed E-state index contributed by atoms with van der Waals surface area (Å²) in [6.45, 7) is 4.10. The highest BCUT2D eigenvalue weighted by atomic mass is 32.2. The van der Waals surface area contributed by atoms with Crippen molar-refractivity contribution in [1.82, 2.24) is 14.6 Å². The van der Waals surface area contributed by atoms with Crippen LogP contribution in [0.1, 0.15) is 30.0 Å². The summed E-state index contributed by atoms with van der Waals surface area (Å²) in [6.07, 6.45) is 3.93. The van der Waals surface area contributed by atoms with E-state index in [0.717, 1.165) is 48.2 Å². The van der Waals surface area contributed by atoms with Crippen molar-refractivity contribution in [1.29, 1.82) is 0 Å². The number of methoxy groups -OCH3 is 1. The second kappa shape index (κ2) is 8.71. The number of pyridine rings is 1. The third kappa shape index (κ3) is 4.19. The number of ether oxygens (including phenoxy) is 1. The zero-order valence-electron chi connectivity index (χ0n) is 17.3. The minimum absolute atomic E-state index is 0.0939. The van der Waals surface area contributed by atoms with Crippen LogP contribution in [0.5, 0.6) is 5.75 Å². The van der Waals surface area contributed by atoms with Crippen molar-refractivity contribution in [2.45, 2.75) is 30.7 Å². The Labute approximate surface area is 177 Å². The Kier molecular flexibility index (Phi) is 6.04. The largest absolute Gasteiger partial charge is 0.496 e. The van der Waals surface area contributed by atoms with Crippen LogP contribution >= 0.6 is 0 Å². The molecule has 1 aliphatic heterocycles. The summed E-state index contributed by atoms with van der Waals surface area (Å²) in [5.74, 6) is 0.774. The molecule has 1 N–H and O–H groups in total. The van der Waals surface area contributed by atoms with E-state index in [0.29, 0.717) is 5.52 Å². The second-order valence-corrected chi connectivity index (χ2v) is 9.43. The van der Waals surface area contributed by atoms with E-state index in [4.69, 9.17) is 4.74 Å². The predicted octanol–water partition coefficient (Wildman–Crippen LogP) is 3.67. The number of aromatic nitrogens is 1. The Morgan fingerprint density at radius 3 is 2.67 bits per heavy atom. The van der Waals surface area contributed by atoms with Gasteiger partial charge in [-0.25, -0.2) is 13.1 Å². The van der Waals surface area contributed by atoms with Crippen molar-refractivity contribution >= 4 is 20.9 Å². The number of nitrogens with one attached hydrogen (secondary N) is 1. The molecule has 3 aromatic rings. The smallest absolute Gasteiger partial charge is 0.242 e. The van der Waals surface area contributed by atoms with Crippen molar-refractivity contribution < 1.29 is 13.2 Å². The molecule has 1 unspecified atom stereocenters. The second-order valence-electron chi connectivity index (χ2n) is 7.69. The maximum atomic E-state index is 13.2. The van der Waals surface area contributed by atoms with Gasteiger partial charge in [-0.3, -0.25) is 9.88 Å². The first-order chi connectivity index (χ1) is 14.5. The van der Waals surface area contributed by atoms with E-state index in [2.05, 4.69) is 14.6 Å². The molecule has 2 aromatic carbocycles. The van der Waals surface area contributed by atoms with Gasteiger partial charge in [0, 0.05) is 23.7 Å². The van der Waals surface area contributed by atoms with Gasteiger partial charge in [0.1, 0.15) is 10.6 Å². The number of aryl methyl sites for hydroxylation is 1. The van der Waals surface area contributed by atoms with Gasteiger partial charge in [-0.2, -0.15) is 0 Å². The maximum Gasteiger partial charge on any atom is 0.242 e. The average molecular weight is 426 g/mol. The summed E-state index contributed by atoms with van der Waals surface area (Å²) in [5.41, 5.74) is 2.48. The van der Waals surface area contributed by atoms with Gasteiger partial charge in [-0.05, 0) is 56.6 Å². The lowest BCUT2D eigenvalue weighted by Gasteiger charge is -2.29. The van der Waals surface area contributed by atoms with E-state index in [9.17, 15) is 8.42 Å². The quantitative estimate of drug-likeness (QED) is 0.625. The van der Waals surface area contributed by atoms with Crippen molar-refractivity contribution in [3.05, 3.63) is 65.9 Å². The SMILES string of the molecule is COc1ccccc1C(CNS(=O)(=O)c1cccc2cc(C)cnc12)N1CCCC1. The number of benzene rings is 2. The van der Waals surface area contributed by atoms with Crippen LogP contribution < -0.4 is 9.46 Å². The van der Waals surface area contributed by atoms with Gasteiger partial charge >= 0.3 is 0 Å². The minimum Gasteiger partial charge on any atom is -0.496 e. The minimum atomic E-state index is -3.73. The van der Waals surface area contributed by atoms with Gasteiger partial charge in [-0.1, -0.05) is 30.3 Å². The third-order valence-electron chi connectivity index (χ3n) is 5.65. The van der Waals surface area contributed by atoms with Gasteiger partial charge in [-0.15, -0.1) is 0 Å². The number of hydrogen-bond donors (Lipinski definition) is 1. The van der Waals surface area contributed by atoms with Crippen LogP contribution in [-0.2, 0) is 10.0 Å². The Balaban J connectivity index is 1.65. The molecule has 0 saturated carbocycles. The van der Waals surface area contributed by atoms with Crippen molar-refractivity contribution in [3.63, 3.8) is 0 Å². The number of para-hydroxylation sites is 2. The van der Waals surface area contributed by atoms with E-state index in [1.165, 1.54) is 0 Å². The molecule has 6 nitrogen and oxygen atoms in total. The fourth-order valence-corrected chi connectivity index (χ4v) is 5.37. The van der Waals surface area contributed by atoms with Gasteiger partial charge in [0.05, 0.1) is 18.7 Å². The molecule has 30 heavy (non-hydrogen) atoms. The topological polar surface area (TPSA) is 71.5 Å². The van der Waals surface area contributed by atoms with Crippen LogP contribution in [0.4, 0.5) is 0 Å². The van der Waals surface area contributed by atoms with Crippen LogP contribution in [-0.4, -0.2) is 45.0 Å². The molecule has 0 aliphatic carbocycles. The zero-order valence-corrected chi connectivity index (χ0v) is 18.2. The summed E-state index contributed by atoms with van der Waals surface area (Å²) >= 11 is 0. The molecule has 2 heterocycles. The standard InChI is InChI=1S/C23H27N3O3S/c1-17-14-18-8-7-11-22(23(18)24-15-17)30(27,28)25-16-20(26-12-5-6-13-26)19-9-3-4-10-21(19)29-2/h3-4,7-11,14-15,20,25H,5-6,12-13,16H2,1-2H3. The lowest BCUT2D eigenvalue weighted by Crippen LogP contribution is -2.37. The first kappa shape index (κ1) is 20.8. The van der Waals surface area contributed by atoms with E-state index in [1.807, 2.05) is 43.3 Å². The number of sulfonamides is 1. The highest BCUT2D eigenvalue weighted by Crippen LogP contribution is 2.32. The highest BCUT2D eigenvalue weighted by Gasteiger charge is 2.28. The molecule has 1 aliphatic rings. The fraction of sp³-hybridized carbons (Fsp3) is 0.348. The molecule has 1 aromatic heterocycles. The van der Waals surface area contributed by atoms with Crippen molar-refractivity contribution in [2.75, 3.05) is 26.7 Å². The van der Waals surface area contributed by atoms with Gasteiger partial charge in [0.25, 0.3) is 0 Å². The van der Waals surface area contributed by atoms with Crippen molar-refractivity contribution in [3.8, 4) is 5.75 Å². The number of likely N-dealkylation sites (tertiary alicyclic amines) is 1. The molecule has 7 heteroatoms. The van der Waals surface area contributed by atoms with Gasteiger partial charge < -0.3 is 4.74 Å². The lowest BCUT2D eigenvalue weighted by molar-refractivity contribution is 0.240.